The van der Waals surface area contributed by atoms with Crippen LogP contribution in [-0.4, -0.2) is 120 Å². The smallest absolute Gasteiger partial charge is 0.422 e. The fourth-order valence-electron chi connectivity index (χ4n) is 10.4. The molecular weight excluding hydrogens is 903 g/mol. The number of aliphatic hydroxyl groups excluding tert-OH is 2. The summed E-state index contributed by atoms with van der Waals surface area (Å²) in [5, 5.41) is 40.0. The van der Waals surface area contributed by atoms with Crippen LogP contribution in [0.4, 0.5) is 11.6 Å². The molecule has 0 aliphatic carbocycles. The van der Waals surface area contributed by atoms with E-state index in [9.17, 15) is 10.2 Å². The predicted octanol–water partition coefficient (Wildman–Crippen LogP) is 4.00. The maximum absolute atomic E-state index is 10.1. The number of para-hydroxylation sites is 2. The lowest BCUT2D eigenvalue weighted by Gasteiger charge is -2.42. The third kappa shape index (κ3) is 9.11. The Morgan fingerprint density at radius 3 is 1.58 bits per heavy atom. The van der Waals surface area contributed by atoms with E-state index in [4.69, 9.17) is 41.0 Å². The molecule has 0 saturated carbocycles. The zero-order valence-electron chi connectivity index (χ0n) is 38.9. The Kier molecular flexibility index (Phi) is 14.3. The van der Waals surface area contributed by atoms with Gasteiger partial charge in [-0.3, -0.25) is 0 Å². The van der Waals surface area contributed by atoms with Crippen molar-refractivity contribution in [2.45, 2.75) is 90.9 Å². The van der Waals surface area contributed by atoms with Gasteiger partial charge in [-0.05, 0) is 99.0 Å². The van der Waals surface area contributed by atoms with E-state index in [0.29, 0.717) is 21.6 Å². The molecule has 4 saturated heterocycles. The van der Waals surface area contributed by atoms with Crippen molar-refractivity contribution in [1.82, 2.24) is 29.1 Å². The van der Waals surface area contributed by atoms with Crippen LogP contribution < -0.4 is 26.9 Å². The highest BCUT2D eigenvalue weighted by atomic mass is 79.9. The Hall–Kier alpha value is -4.50. The van der Waals surface area contributed by atoms with E-state index in [-0.39, 0.29) is 48.3 Å². The Labute approximate surface area is 395 Å². The highest BCUT2D eigenvalue weighted by molar-refractivity contribution is 9.10. The first kappa shape index (κ1) is 48.0. The van der Waals surface area contributed by atoms with Gasteiger partial charge in [-0.1, -0.05) is 36.4 Å². The number of aromatic nitrogens is 6. The van der Waals surface area contributed by atoms with Crippen LogP contribution in [0.5, 0.6) is 0 Å². The van der Waals surface area contributed by atoms with Gasteiger partial charge in [0.25, 0.3) is 0 Å². The van der Waals surface area contributed by atoms with E-state index in [1.165, 1.54) is 5.39 Å². The predicted molar refractivity (Wildman–Crippen MR) is 262 cm³/mol. The number of hydrogen-bond acceptors (Lipinski definition) is 14. The molecule has 0 unspecified atom stereocenters. The molecule has 4 aliphatic rings. The fourth-order valence-corrected chi connectivity index (χ4v) is 10.7. The number of anilines is 2. The lowest BCUT2D eigenvalue weighted by Crippen LogP contribution is -2.51. The number of aryl methyl sites for hydroxylation is 4. The molecule has 10 rings (SSSR count). The lowest BCUT2D eigenvalue weighted by atomic mass is 9.73. The molecule has 4 aromatic heterocycles. The van der Waals surface area contributed by atoms with E-state index in [0.717, 1.165) is 116 Å². The molecule has 16 nitrogen and oxygen atoms in total. The Bertz CT molecular complexity index is 2660. The number of nitrogens with zero attached hydrogens (tertiary/aromatic N) is 8. The molecule has 6 aromatic rings. The van der Waals surface area contributed by atoms with Crippen molar-refractivity contribution >= 4 is 62.1 Å². The van der Waals surface area contributed by atoms with Crippen molar-refractivity contribution in [3.8, 4) is 11.4 Å². The zero-order chi connectivity index (χ0) is 47.1. The molecule has 8 heterocycles. The Morgan fingerprint density at radius 1 is 0.682 bits per heavy atom. The van der Waals surface area contributed by atoms with Gasteiger partial charge in [0.05, 0.1) is 55.7 Å². The van der Waals surface area contributed by atoms with Gasteiger partial charge in [-0.2, -0.15) is 0 Å². The van der Waals surface area contributed by atoms with Crippen LogP contribution in [0.25, 0.3) is 33.2 Å². The van der Waals surface area contributed by atoms with E-state index >= 15 is 0 Å². The number of fused-ring (bicyclic) bond motifs is 2. The molecule has 2 aromatic carbocycles. The second kappa shape index (κ2) is 19.6. The van der Waals surface area contributed by atoms with Crippen LogP contribution in [0.3, 0.4) is 0 Å². The molecule has 4 atom stereocenters. The van der Waals surface area contributed by atoms with Crippen LogP contribution in [0.1, 0.15) is 62.3 Å². The third-order valence-electron chi connectivity index (χ3n) is 14.7. The quantitative estimate of drug-likeness (QED) is 0.130. The molecule has 66 heavy (non-hydrogen) atoms. The van der Waals surface area contributed by atoms with E-state index in [2.05, 4.69) is 72.3 Å². The molecule has 0 bridgehead atoms. The monoisotopic (exact) mass is 966 g/mol. The second-order valence-electron chi connectivity index (χ2n) is 18.6. The van der Waals surface area contributed by atoms with E-state index in [1.54, 1.807) is 10.6 Å². The van der Waals surface area contributed by atoms with Gasteiger partial charge in [0.15, 0.2) is 11.6 Å². The normalized spacial score (nSPS) is 22.2. The van der Waals surface area contributed by atoms with Gasteiger partial charge < -0.3 is 60.1 Å². The average Bonchev–Trinajstić information content (AvgIpc) is 4.02. The maximum Gasteiger partial charge on any atom is 0.505 e. The molecule has 0 radical (unpaired) electrons. The van der Waals surface area contributed by atoms with E-state index in [1.807, 2.05) is 64.3 Å². The van der Waals surface area contributed by atoms with Crippen molar-refractivity contribution in [1.29, 1.82) is 0 Å². The number of hydrogen-bond donors (Lipinski definition) is 6. The minimum Gasteiger partial charge on any atom is -0.422 e. The molecule has 0 amide bonds. The number of piperidine rings is 2. The summed E-state index contributed by atoms with van der Waals surface area (Å²) in [4.78, 5) is 23.3. The summed E-state index contributed by atoms with van der Waals surface area (Å²) < 4.78 is 16.2. The second-order valence-corrected chi connectivity index (χ2v) is 19.4. The summed E-state index contributed by atoms with van der Waals surface area (Å²) in [6.45, 7) is 12.7. The van der Waals surface area contributed by atoms with Gasteiger partial charge in [-0.15, -0.1) is 0 Å². The Morgan fingerprint density at radius 2 is 1.14 bits per heavy atom. The number of ether oxygens (including phenoxy) is 2. The molecule has 8 N–H and O–H groups in total. The van der Waals surface area contributed by atoms with Crippen molar-refractivity contribution in [3.63, 3.8) is 0 Å². The summed E-state index contributed by atoms with van der Waals surface area (Å²) in [6, 6.07) is 20.1. The summed E-state index contributed by atoms with van der Waals surface area (Å²) in [6.07, 6.45) is 4.15. The number of rotatable bonds is 6. The summed E-state index contributed by atoms with van der Waals surface area (Å²) in [5.41, 5.74) is 20.4. The number of halogens is 1. The van der Waals surface area contributed by atoms with Crippen LogP contribution >= 0.6 is 15.9 Å². The van der Waals surface area contributed by atoms with Crippen LogP contribution in [-0.2, 0) is 36.8 Å². The van der Waals surface area contributed by atoms with Gasteiger partial charge in [-0.25, -0.2) is 19.9 Å². The largest absolute Gasteiger partial charge is 0.505 e. The lowest BCUT2D eigenvalue weighted by molar-refractivity contribution is 0.0973. The molecule has 18 heteroatoms. The fraction of sp³-hybridized carbons (Fsp3) is 0.500. The summed E-state index contributed by atoms with van der Waals surface area (Å²) in [7, 11) is 2.46. The van der Waals surface area contributed by atoms with Crippen molar-refractivity contribution in [3.05, 3.63) is 88.0 Å². The first-order valence-electron chi connectivity index (χ1n) is 22.9. The molecule has 2 spiro atoms. The first-order valence-corrected chi connectivity index (χ1v) is 23.7. The zero-order valence-corrected chi connectivity index (χ0v) is 40.4. The molecular formula is C48H64BBrN10O6. The van der Waals surface area contributed by atoms with Gasteiger partial charge >= 0.3 is 7.12 Å². The summed E-state index contributed by atoms with van der Waals surface area (Å²) in [5.74, 6) is 1.58. The third-order valence-corrected chi connectivity index (χ3v) is 15.5. The highest BCUT2D eigenvalue weighted by Crippen LogP contribution is 2.44. The molecule has 352 valence electrons. The van der Waals surface area contributed by atoms with Gasteiger partial charge in [0.2, 0.25) is 0 Å². The molecule has 4 aliphatic heterocycles. The number of benzene rings is 2. The van der Waals surface area contributed by atoms with Crippen LogP contribution in [0.2, 0.25) is 0 Å². The maximum atomic E-state index is 10.1. The number of nitrogens with two attached hydrogens (primary N) is 2. The average molecular weight is 968 g/mol. The van der Waals surface area contributed by atoms with Crippen molar-refractivity contribution in [2.75, 3.05) is 49.2 Å². The summed E-state index contributed by atoms with van der Waals surface area (Å²) >= 11 is 3.37. The van der Waals surface area contributed by atoms with Crippen molar-refractivity contribution in [2.24, 2.45) is 36.4 Å². The van der Waals surface area contributed by atoms with Gasteiger partial charge in [0.1, 0.15) is 21.7 Å². The number of aliphatic hydroxyl groups is 2. The first-order chi connectivity index (χ1) is 31.6. The van der Waals surface area contributed by atoms with Crippen LogP contribution in [0, 0.1) is 24.7 Å². The SMILES string of the molecule is Cc1nc(N2CCC3(CC2)CO[C@@H](C)[C@H]3N)c(CO)nc1-c1cc2ccccc2n1C.Cc1nc(N2CCC3(CC2)CO[C@@H](C)[C@H]3N)c(CO)nc1Br.Cn1c(B(O)O)cc2ccccc21. The standard InChI is InChI=1S/C24H31N5O2.C15H23BrN4O2.C9H10BNO2/c1-15-21(20-12-17-6-4-5-7-19(17)28(20)3)27-18(13-30)23(26-15)29-10-8-24(9-11-29)14-31-16(2)22(24)25;1-9-13(16)19-11(7-21)14(18-9)20-5-3-15(4-6-20)8-22-10(2)12(15)17;1-11-8-5-3-2-4-7(8)6-9(11)10(12)13/h4-7,12,16,22,30H,8-11,13-14,25H2,1-3H3;10,12,21H,3-8,17H2,1-2H3;2-6,12-13H,1H3/t16-,22+;10-,12+;/m00./s1. The molecule has 4 fully saturated rings. The topological polar surface area (TPSA) is 219 Å². The van der Waals surface area contributed by atoms with E-state index < -0.39 is 7.12 Å². The van der Waals surface area contributed by atoms with Gasteiger partial charge in [0, 0.05) is 85.2 Å². The Balaban J connectivity index is 0.000000147. The minimum atomic E-state index is -1.41. The highest BCUT2D eigenvalue weighted by Gasteiger charge is 2.49. The van der Waals surface area contributed by atoms with Crippen molar-refractivity contribution < 1.29 is 29.7 Å². The minimum absolute atomic E-state index is 0.0564. The van der Waals surface area contributed by atoms with Crippen LogP contribution in [0.15, 0.2) is 65.3 Å².